The Kier molecular flexibility index (Phi) is 5.08. The Bertz CT molecular complexity index is 656. The van der Waals surface area contributed by atoms with Gasteiger partial charge in [0, 0.05) is 25.2 Å². The number of halogens is 1. The summed E-state index contributed by atoms with van der Waals surface area (Å²) in [7, 11) is 0. The first-order valence-corrected chi connectivity index (χ1v) is 8.96. The summed E-state index contributed by atoms with van der Waals surface area (Å²) >= 11 is 0. The van der Waals surface area contributed by atoms with Gasteiger partial charge < -0.3 is 10.0 Å². The van der Waals surface area contributed by atoms with Crippen LogP contribution in [0.25, 0.3) is 0 Å². The van der Waals surface area contributed by atoms with Crippen molar-refractivity contribution in [1.82, 2.24) is 9.80 Å². The predicted molar refractivity (Wildman–Crippen MR) is 91.9 cm³/mol. The summed E-state index contributed by atoms with van der Waals surface area (Å²) in [6, 6.07) is 5.37. The van der Waals surface area contributed by atoms with Crippen LogP contribution in [-0.2, 0) is 4.79 Å². The number of carbonyl (C=O) groups is 2. The van der Waals surface area contributed by atoms with Crippen LogP contribution in [-0.4, -0.2) is 59.0 Å². The van der Waals surface area contributed by atoms with Crippen LogP contribution in [0.4, 0.5) is 4.39 Å². The summed E-state index contributed by atoms with van der Waals surface area (Å²) in [5.74, 6) is -1.30. The molecule has 5 nitrogen and oxygen atoms in total. The molecule has 0 radical (unpaired) electrons. The van der Waals surface area contributed by atoms with Crippen LogP contribution in [0.5, 0.6) is 0 Å². The number of amides is 1. The summed E-state index contributed by atoms with van der Waals surface area (Å²) in [4.78, 5) is 27.9. The minimum Gasteiger partial charge on any atom is -0.480 e. The number of aliphatic carboxylic acids is 1. The van der Waals surface area contributed by atoms with Crippen molar-refractivity contribution in [2.75, 3.05) is 26.2 Å². The second-order valence-electron chi connectivity index (χ2n) is 7.33. The molecule has 1 N–H and O–H groups in total. The van der Waals surface area contributed by atoms with Crippen molar-refractivity contribution in [2.45, 2.75) is 38.6 Å². The van der Waals surface area contributed by atoms with Gasteiger partial charge in [-0.3, -0.25) is 14.5 Å². The molecule has 0 unspecified atom stereocenters. The zero-order valence-corrected chi connectivity index (χ0v) is 14.6. The molecule has 1 amide bonds. The molecule has 1 atom stereocenters. The minimum absolute atomic E-state index is 0.0169. The van der Waals surface area contributed by atoms with Gasteiger partial charge in [0.25, 0.3) is 5.91 Å². The molecule has 3 rings (SSSR count). The van der Waals surface area contributed by atoms with Crippen molar-refractivity contribution in [3.8, 4) is 0 Å². The van der Waals surface area contributed by atoms with Gasteiger partial charge in [-0.05, 0) is 55.8 Å². The third-order valence-electron chi connectivity index (χ3n) is 5.58. The lowest BCUT2D eigenvalue weighted by atomic mass is 9.76. The molecule has 2 heterocycles. The molecule has 2 aliphatic heterocycles. The summed E-state index contributed by atoms with van der Waals surface area (Å²) in [5.41, 5.74) is 0.357. The fraction of sp³-hybridized carbons (Fsp3) is 0.579. The summed E-state index contributed by atoms with van der Waals surface area (Å²) in [6.45, 7) is 4.85. The average Bonchev–Trinajstić information content (AvgIpc) is 2.94. The maximum absolute atomic E-state index is 13.3. The van der Waals surface area contributed by atoms with Gasteiger partial charge in [0.2, 0.25) is 0 Å². The zero-order valence-electron chi connectivity index (χ0n) is 14.6. The highest BCUT2D eigenvalue weighted by atomic mass is 19.1. The third-order valence-corrected chi connectivity index (χ3v) is 5.58. The Morgan fingerprint density at radius 2 is 2.04 bits per heavy atom. The molecular formula is C19H25FN2O3. The van der Waals surface area contributed by atoms with Crippen LogP contribution in [0, 0.1) is 11.2 Å². The molecule has 1 spiro atoms. The number of hydrogen-bond donors (Lipinski definition) is 1. The van der Waals surface area contributed by atoms with E-state index in [4.69, 9.17) is 0 Å². The van der Waals surface area contributed by atoms with E-state index in [1.807, 2.05) is 0 Å². The van der Waals surface area contributed by atoms with E-state index >= 15 is 0 Å². The molecule has 2 aliphatic rings. The van der Waals surface area contributed by atoms with Crippen molar-refractivity contribution in [3.05, 3.63) is 35.6 Å². The van der Waals surface area contributed by atoms with E-state index in [9.17, 15) is 19.1 Å². The molecule has 2 fully saturated rings. The average molecular weight is 348 g/mol. The van der Waals surface area contributed by atoms with Gasteiger partial charge in [-0.2, -0.15) is 0 Å². The molecule has 0 aromatic heterocycles. The van der Waals surface area contributed by atoms with Crippen LogP contribution < -0.4 is 0 Å². The molecule has 0 aliphatic carbocycles. The number of hydrogen-bond acceptors (Lipinski definition) is 3. The highest BCUT2D eigenvalue weighted by Gasteiger charge is 2.48. The number of carbonyl (C=O) groups excluding carboxylic acids is 1. The lowest BCUT2D eigenvalue weighted by Crippen LogP contribution is -2.44. The molecule has 2 saturated heterocycles. The van der Waals surface area contributed by atoms with Gasteiger partial charge in [0.15, 0.2) is 0 Å². The van der Waals surface area contributed by atoms with E-state index in [-0.39, 0.29) is 11.3 Å². The number of piperidine rings is 1. The highest BCUT2D eigenvalue weighted by Crippen LogP contribution is 2.43. The fourth-order valence-corrected chi connectivity index (χ4v) is 4.26. The van der Waals surface area contributed by atoms with E-state index in [2.05, 4.69) is 11.8 Å². The first-order chi connectivity index (χ1) is 11.9. The number of nitrogens with zero attached hydrogens (tertiary/aromatic N) is 2. The van der Waals surface area contributed by atoms with Crippen molar-refractivity contribution in [2.24, 2.45) is 5.41 Å². The third kappa shape index (κ3) is 3.68. The quantitative estimate of drug-likeness (QED) is 0.909. The number of benzene rings is 1. The van der Waals surface area contributed by atoms with Crippen LogP contribution in [0.15, 0.2) is 24.3 Å². The molecule has 1 aromatic rings. The Morgan fingerprint density at radius 1 is 1.32 bits per heavy atom. The predicted octanol–water partition coefficient (Wildman–Crippen LogP) is 2.62. The second-order valence-corrected chi connectivity index (χ2v) is 7.33. The summed E-state index contributed by atoms with van der Waals surface area (Å²) in [6.07, 6.45) is 3.20. The van der Waals surface area contributed by atoms with Crippen LogP contribution in [0.1, 0.15) is 43.0 Å². The van der Waals surface area contributed by atoms with E-state index in [1.165, 1.54) is 12.1 Å². The molecular weight excluding hydrogens is 323 g/mol. The zero-order chi connectivity index (χ0) is 18.0. The van der Waals surface area contributed by atoms with Crippen molar-refractivity contribution < 1.29 is 19.1 Å². The fourth-order valence-electron chi connectivity index (χ4n) is 4.26. The maximum atomic E-state index is 13.3. The Hall–Kier alpha value is -1.95. The van der Waals surface area contributed by atoms with Crippen molar-refractivity contribution >= 4 is 11.9 Å². The molecule has 6 heteroatoms. The standard InChI is InChI=1S/C19H25FN2O3/c1-2-8-22-13-19(12-16(22)18(24)25)6-9-21(10-7-19)17(23)14-4-3-5-15(20)11-14/h3-5,11,16H,2,6-10,12-13H2,1H3,(H,24,25)/t16-/m0/s1. The topological polar surface area (TPSA) is 60.9 Å². The molecule has 0 bridgehead atoms. The van der Waals surface area contributed by atoms with E-state index in [0.29, 0.717) is 25.1 Å². The SMILES string of the molecule is CCCN1CC2(CCN(C(=O)c3cccc(F)c3)CC2)C[C@H]1C(=O)O. The largest absolute Gasteiger partial charge is 0.480 e. The lowest BCUT2D eigenvalue weighted by Gasteiger charge is -2.39. The van der Waals surface area contributed by atoms with Gasteiger partial charge in [0.05, 0.1) is 0 Å². The Morgan fingerprint density at radius 3 is 2.64 bits per heavy atom. The number of carboxylic acid groups (broad SMARTS) is 1. The molecule has 136 valence electrons. The van der Waals surface area contributed by atoms with Crippen LogP contribution in [0.3, 0.4) is 0 Å². The van der Waals surface area contributed by atoms with Gasteiger partial charge in [-0.25, -0.2) is 4.39 Å². The van der Waals surface area contributed by atoms with E-state index in [1.54, 1.807) is 17.0 Å². The highest BCUT2D eigenvalue weighted by molar-refractivity contribution is 5.94. The lowest BCUT2D eigenvalue weighted by molar-refractivity contribution is -0.142. The maximum Gasteiger partial charge on any atom is 0.320 e. The second kappa shape index (κ2) is 7.12. The number of likely N-dealkylation sites (tertiary alicyclic amines) is 2. The first-order valence-electron chi connectivity index (χ1n) is 8.96. The smallest absolute Gasteiger partial charge is 0.320 e. The van der Waals surface area contributed by atoms with Gasteiger partial charge in [-0.15, -0.1) is 0 Å². The summed E-state index contributed by atoms with van der Waals surface area (Å²) in [5, 5.41) is 9.50. The normalized spacial score (nSPS) is 23.1. The van der Waals surface area contributed by atoms with Gasteiger partial charge in [0.1, 0.15) is 11.9 Å². The molecule has 25 heavy (non-hydrogen) atoms. The number of carboxylic acids is 1. The minimum atomic E-state index is -0.747. The van der Waals surface area contributed by atoms with Gasteiger partial charge in [-0.1, -0.05) is 13.0 Å². The van der Waals surface area contributed by atoms with Crippen molar-refractivity contribution in [3.63, 3.8) is 0 Å². The van der Waals surface area contributed by atoms with Gasteiger partial charge >= 0.3 is 5.97 Å². The molecule has 0 saturated carbocycles. The molecule has 1 aromatic carbocycles. The Labute approximate surface area is 147 Å². The Balaban J connectivity index is 1.65. The first kappa shape index (κ1) is 17.9. The van der Waals surface area contributed by atoms with Crippen molar-refractivity contribution in [1.29, 1.82) is 0 Å². The summed E-state index contributed by atoms with van der Waals surface area (Å²) < 4.78 is 13.3. The van der Waals surface area contributed by atoms with Crippen LogP contribution in [0.2, 0.25) is 0 Å². The van der Waals surface area contributed by atoms with E-state index < -0.39 is 17.8 Å². The van der Waals surface area contributed by atoms with Crippen LogP contribution >= 0.6 is 0 Å². The van der Waals surface area contributed by atoms with E-state index in [0.717, 1.165) is 32.4 Å². The monoisotopic (exact) mass is 348 g/mol. The number of rotatable bonds is 4.